The molecular formula is C16H22N4O2. The lowest BCUT2D eigenvalue weighted by Crippen LogP contribution is -2.36. The van der Waals surface area contributed by atoms with Crippen LogP contribution in [0.4, 0.5) is 10.7 Å². The van der Waals surface area contributed by atoms with Crippen molar-refractivity contribution in [1.82, 2.24) is 14.9 Å². The monoisotopic (exact) mass is 302 g/mol. The molecule has 1 atom stereocenters. The van der Waals surface area contributed by atoms with Gasteiger partial charge in [0.15, 0.2) is 0 Å². The lowest BCUT2D eigenvalue weighted by atomic mass is 10.2. The fourth-order valence-electron chi connectivity index (χ4n) is 2.58. The SMILES string of the molecule is CC(C)(C)OC(=O)N1CCC(Nc2nc3ccccc3[nH]2)C1. The Morgan fingerprint density at radius 1 is 1.41 bits per heavy atom. The largest absolute Gasteiger partial charge is 0.444 e. The Kier molecular flexibility index (Phi) is 3.68. The highest BCUT2D eigenvalue weighted by atomic mass is 16.6. The van der Waals surface area contributed by atoms with Crippen molar-refractivity contribution in [3.8, 4) is 0 Å². The number of nitrogens with zero attached hydrogens (tertiary/aromatic N) is 2. The van der Waals surface area contributed by atoms with Crippen molar-refractivity contribution in [2.45, 2.75) is 38.8 Å². The first-order chi connectivity index (χ1) is 10.4. The van der Waals surface area contributed by atoms with Crippen LogP contribution in [0.3, 0.4) is 0 Å². The molecule has 1 aliphatic heterocycles. The summed E-state index contributed by atoms with van der Waals surface area (Å²) in [7, 11) is 0. The molecule has 2 N–H and O–H groups in total. The number of carbonyl (C=O) groups excluding carboxylic acids is 1. The number of aromatic nitrogens is 2. The standard InChI is InChI=1S/C16H22N4O2/c1-16(2,3)22-15(21)20-9-8-11(10-20)17-14-18-12-6-4-5-7-13(12)19-14/h4-7,11H,8-10H2,1-3H3,(H2,17,18,19). The van der Waals surface area contributed by atoms with Crippen LogP contribution in [-0.4, -0.2) is 45.7 Å². The molecule has 1 aliphatic rings. The highest BCUT2D eigenvalue weighted by Gasteiger charge is 2.30. The van der Waals surface area contributed by atoms with E-state index in [1.807, 2.05) is 45.0 Å². The third-order valence-corrected chi connectivity index (χ3v) is 3.57. The summed E-state index contributed by atoms with van der Waals surface area (Å²) < 4.78 is 5.40. The number of rotatable bonds is 2. The minimum Gasteiger partial charge on any atom is -0.444 e. The maximum absolute atomic E-state index is 12.1. The molecule has 0 saturated carbocycles. The first-order valence-corrected chi connectivity index (χ1v) is 7.60. The van der Waals surface area contributed by atoms with Crippen molar-refractivity contribution in [2.24, 2.45) is 0 Å². The number of aromatic amines is 1. The summed E-state index contributed by atoms with van der Waals surface area (Å²) in [5.74, 6) is 0.747. The molecule has 0 bridgehead atoms. The third kappa shape index (κ3) is 3.32. The van der Waals surface area contributed by atoms with Crippen LogP contribution in [0.1, 0.15) is 27.2 Å². The first-order valence-electron chi connectivity index (χ1n) is 7.60. The summed E-state index contributed by atoms with van der Waals surface area (Å²) in [6.07, 6.45) is 0.637. The predicted molar refractivity (Wildman–Crippen MR) is 85.9 cm³/mol. The average Bonchev–Trinajstić information content (AvgIpc) is 3.02. The molecule has 6 nitrogen and oxygen atoms in total. The molecule has 1 unspecified atom stereocenters. The van der Waals surface area contributed by atoms with Gasteiger partial charge in [-0.25, -0.2) is 9.78 Å². The number of imidazole rings is 1. The summed E-state index contributed by atoms with van der Waals surface area (Å²) in [5.41, 5.74) is 1.49. The number of hydrogen-bond donors (Lipinski definition) is 2. The molecule has 0 spiro atoms. The molecule has 3 rings (SSSR count). The van der Waals surface area contributed by atoms with Gasteiger partial charge in [-0.3, -0.25) is 0 Å². The minimum absolute atomic E-state index is 0.188. The fraction of sp³-hybridized carbons (Fsp3) is 0.500. The third-order valence-electron chi connectivity index (χ3n) is 3.57. The molecule has 0 radical (unpaired) electrons. The van der Waals surface area contributed by atoms with Crippen molar-refractivity contribution >= 4 is 23.1 Å². The van der Waals surface area contributed by atoms with Crippen LogP contribution < -0.4 is 5.32 Å². The molecule has 2 heterocycles. The van der Waals surface area contributed by atoms with E-state index in [4.69, 9.17) is 4.74 Å². The van der Waals surface area contributed by atoms with Crippen molar-refractivity contribution in [3.05, 3.63) is 24.3 Å². The van der Waals surface area contributed by atoms with Gasteiger partial charge >= 0.3 is 6.09 Å². The first kappa shape index (κ1) is 14.7. The van der Waals surface area contributed by atoms with E-state index in [-0.39, 0.29) is 12.1 Å². The van der Waals surface area contributed by atoms with Crippen molar-refractivity contribution < 1.29 is 9.53 Å². The second-order valence-corrected chi connectivity index (χ2v) is 6.66. The number of carbonyl (C=O) groups is 1. The van der Waals surface area contributed by atoms with Gasteiger partial charge in [0, 0.05) is 19.1 Å². The second-order valence-electron chi connectivity index (χ2n) is 6.66. The summed E-state index contributed by atoms with van der Waals surface area (Å²) in [4.78, 5) is 21.5. The molecule has 1 aromatic heterocycles. The zero-order chi connectivity index (χ0) is 15.7. The predicted octanol–water partition coefficient (Wildman–Crippen LogP) is 2.98. The summed E-state index contributed by atoms with van der Waals surface area (Å²) >= 11 is 0. The molecule has 0 aliphatic carbocycles. The quantitative estimate of drug-likeness (QED) is 0.894. The molecule has 2 aromatic rings. The highest BCUT2D eigenvalue weighted by Crippen LogP contribution is 2.19. The molecule has 22 heavy (non-hydrogen) atoms. The van der Waals surface area contributed by atoms with Gasteiger partial charge in [0.05, 0.1) is 11.0 Å². The zero-order valence-corrected chi connectivity index (χ0v) is 13.2. The molecule has 1 saturated heterocycles. The Bertz CT molecular complexity index is 641. The van der Waals surface area contributed by atoms with E-state index in [0.717, 1.165) is 23.4 Å². The van der Waals surface area contributed by atoms with Gasteiger partial charge < -0.3 is 19.9 Å². The Balaban J connectivity index is 1.60. The number of benzene rings is 1. The number of anilines is 1. The molecular weight excluding hydrogens is 280 g/mol. The zero-order valence-electron chi connectivity index (χ0n) is 13.2. The van der Waals surface area contributed by atoms with E-state index >= 15 is 0 Å². The van der Waals surface area contributed by atoms with Crippen LogP contribution in [0.15, 0.2) is 24.3 Å². The van der Waals surface area contributed by atoms with Gasteiger partial charge in [-0.05, 0) is 39.3 Å². The molecule has 1 fully saturated rings. The van der Waals surface area contributed by atoms with Crippen LogP contribution in [-0.2, 0) is 4.74 Å². The summed E-state index contributed by atoms with van der Waals surface area (Å²) in [6, 6.07) is 8.10. The number of ether oxygens (including phenoxy) is 1. The number of H-pyrrole nitrogens is 1. The smallest absolute Gasteiger partial charge is 0.410 e. The number of para-hydroxylation sites is 2. The van der Waals surface area contributed by atoms with Gasteiger partial charge in [-0.2, -0.15) is 0 Å². The minimum atomic E-state index is -0.457. The van der Waals surface area contributed by atoms with Crippen LogP contribution >= 0.6 is 0 Å². The van der Waals surface area contributed by atoms with Crippen molar-refractivity contribution in [3.63, 3.8) is 0 Å². The maximum Gasteiger partial charge on any atom is 0.410 e. The lowest BCUT2D eigenvalue weighted by molar-refractivity contribution is 0.0293. The Labute approximate surface area is 129 Å². The van der Waals surface area contributed by atoms with Crippen LogP contribution in [0, 0.1) is 0 Å². The molecule has 1 amide bonds. The molecule has 1 aromatic carbocycles. The van der Waals surface area contributed by atoms with E-state index in [0.29, 0.717) is 13.1 Å². The van der Waals surface area contributed by atoms with Gasteiger partial charge in [0.2, 0.25) is 5.95 Å². The van der Waals surface area contributed by atoms with E-state index in [2.05, 4.69) is 15.3 Å². The Hall–Kier alpha value is -2.24. The number of amides is 1. The van der Waals surface area contributed by atoms with Gasteiger partial charge in [0.1, 0.15) is 5.60 Å². The topological polar surface area (TPSA) is 70.2 Å². The van der Waals surface area contributed by atoms with Gasteiger partial charge in [-0.15, -0.1) is 0 Å². The number of nitrogens with one attached hydrogen (secondary N) is 2. The number of hydrogen-bond acceptors (Lipinski definition) is 4. The highest BCUT2D eigenvalue weighted by molar-refractivity contribution is 5.77. The summed E-state index contributed by atoms with van der Waals surface area (Å²) in [6.45, 7) is 6.97. The van der Waals surface area contributed by atoms with Crippen molar-refractivity contribution in [1.29, 1.82) is 0 Å². The molecule has 6 heteroatoms. The molecule has 118 valence electrons. The van der Waals surface area contributed by atoms with E-state index < -0.39 is 5.60 Å². The van der Waals surface area contributed by atoms with E-state index in [1.54, 1.807) is 4.90 Å². The van der Waals surface area contributed by atoms with Gasteiger partial charge in [0.25, 0.3) is 0 Å². The second kappa shape index (κ2) is 5.51. The van der Waals surface area contributed by atoms with Gasteiger partial charge in [-0.1, -0.05) is 12.1 Å². The maximum atomic E-state index is 12.1. The normalized spacial score (nSPS) is 18.7. The Morgan fingerprint density at radius 2 is 2.18 bits per heavy atom. The van der Waals surface area contributed by atoms with Crippen LogP contribution in [0.2, 0.25) is 0 Å². The van der Waals surface area contributed by atoms with E-state index in [1.165, 1.54) is 0 Å². The summed E-state index contributed by atoms with van der Waals surface area (Å²) in [5, 5.41) is 3.36. The van der Waals surface area contributed by atoms with Crippen LogP contribution in [0.5, 0.6) is 0 Å². The van der Waals surface area contributed by atoms with E-state index in [9.17, 15) is 4.79 Å². The fourth-order valence-corrected chi connectivity index (χ4v) is 2.58. The van der Waals surface area contributed by atoms with Crippen LogP contribution in [0.25, 0.3) is 11.0 Å². The number of likely N-dealkylation sites (tertiary alicyclic amines) is 1. The average molecular weight is 302 g/mol. The van der Waals surface area contributed by atoms with Crippen molar-refractivity contribution in [2.75, 3.05) is 18.4 Å². The Morgan fingerprint density at radius 3 is 2.91 bits per heavy atom. The number of fused-ring (bicyclic) bond motifs is 1. The lowest BCUT2D eigenvalue weighted by Gasteiger charge is -2.24.